The minimum absolute atomic E-state index is 0.117. The van der Waals surface area contributed by atoms with Crippen LogP contribution in [0, 0.1) is 0 Å². The fourth-order valence-corrected chi connectivity index (χ4v) is 2.93. The number of nitrogens with two attached hydrogens (primary N) is 1. The van der Waals surface area contributed by atoms with E-state index < -0.39 is 51.6 Å². The number of rotatable bonds is 6. The van der Waals surface area contributed by atoms with Crippen LogP contribution in [0.15, 0.2) is 0 Å². The van der Waals surface area contributed by atoms with Gasteiger partial charge in [0.25, 0.3) is 0 Å². The molecule has 0 aromatic carbocycles. The highest BCUT2D eigenvalue weighted by molar-refractivity contribution is 7.49. The first-order valence-corrected chi connectivity index (χ1v) is 6.92. The van der Waals surface area contributed by atoms with E-state index in [1.165, 1.54) is 0 Å². The lowest BCUT2D eigenvalue weighted by molar-refractivity contribution is -0.173. The Labute approximate surface area is 110 Å². The van der Waals surface area contributed by atoms with Crippen LogP contribution in [0.5, 0.6) is 0 Å². The zero-order valence-electron chi connectivity index (χ0n) is 10.3. The van der Waals surface area contributed by atoms with E-state index in [0.29, 0.717) is 0 Å². The molecule has 0 aliphatic carbocycles. The molecule has 0 aromatic rings. The quantitative estimate of drug-likeness (QED) is 0.512. The van der Waals surface area contributed by atoms with Crippen LogP contribution in [-0.2, 0) is 4.57 Å². The van der Waals surface area contributed by atoms with Crippen LogP contribution in [0.1, 0.15) is 19.8 Å². The van der Waals surface area contributed by atoms with Crippen molar-refractivity contribution < 1.29 is 40.7 Å². The van der Waals surface area contributed by atoms with Gasteiger partial charge in [-0.25, -0.2) is 9.24 Å². The van der Waals surface area contributed by atoms with Crippen molar-refractivity contribution in [2.75, 3.05) is 6.54 Å². The van der Waals surface area contributed by atoms with E-state index in [9.17, 15) is 30.9 Å². The molecule has 0 spiro atoms. The summed E-state index contributed by atoms with van der Waals surface area (Å²) in [5.74, 6) is 0. The molecule has 0 amide bonds. The number of alkyl halides is 6. The van der Waals surface area contributed by atoms with Crippen LogP contribution in [0.25, 0.3) is 0 Å². The summed E-state index contributed by atoms with van der Waals surface area (Å²) in [5, 5.41) is 0. The van der Waals surface area contributed by atoms with Crippen molar-refractivity contribution in [1.82, 2.24) is 4.67 Å². The molecular weight excluding hydrogens is 317 g/mol. The van der Waals surface area contributed by atoms with Gasteiger partial charge in [0.1, 0.15) is 0 Å². The molecule has 4 N–H and O–H groups in total. The number of halogens is 6. The van der Waals surface area contributed by atoms with Crippen LogP contribution in [0.4, 0.5) is 26.3 Å². The number of nitrogens with zero attached hydrogens (tertiary/aromatic N) is 1. The molecule has 1 atom stereocenters. The fourth-order valence-electron chi connectivity index (χ4n) is 1.73. The van der Waals surface area contributed by atoms with E-state index in [1.54, 1.807) is 0 Å². The Morgan fingerprint density at radius 1 is 1.10 bits per heavy atom. The second-order valence-corrected chi connectivity index (χ2v) is 5.76. The maximum atomic E-state index is 12.3. The van der Waals surface area contributed by atoms with Gasteiger partial charge in [-0.05, 0) is 6.92 Å². The molecule has 1 unspecified atom stereocenters. The highest BCUT2D eigenvalue weighted by atomic mass is 31.2. The minimum Gasteiger partial charge on any atom is -0.329 e. The van der Waals surface area contributed by atoms with E-state index >= 15 is 0 Å². The van der Waals surface area contributed by atoms with Gasteiger partial charge < -0.3 is 15.5 Å². The van der Waals surface area contributed by atoms with Gasteiger partial charge in [0.15, 0.2) is 0 Å². The van der Waals surface area contributed by atoms with E-state index in [1.807, 2.05) is 0 Å². The molecule has 0 bridgehead atoms. The first kappa shape index (κ1) is 19.7. The van der Waals surface area contributed by atoms with Gasteiger partial charge in [-0.3, -0.25) is 0 Å². The highest BCUT2D eigenvalue weighted by Gasteiger charge is 2.47. The van der Waals surface area contributed by atoms with Gasteiger partial charge in [0.2, 0.25) is 0 Å². The van der Waals surface area contributed by atoms with Crippen molar-refractivity contribution in [3.05, 3.63) is 0 Å². The number of hydrogen-bond donors (Lipinski definition) is 3. The molecular formula is C8H15F6N2O3P. The molecule has 0 heterocycles. The molecule has 0 rings (SSSR count). The molecule has 20 heavy (non-hydrogen) atoms. The summed E-state index contributed by atoms with van der Waals surface area (Å²) in [4.78, 5) is 18.0. The third-order valence-corrected chi connectivity index (χ3v) is 3.72. The summed E-state index contributed by atoms with van der Waals surface area (Å²) in [6, 6.07) is -3.78. The Morgan fingerprint density at radius 3 is 1.65 bits per heavy atom. The molecule has 0 aliphatic heterocycles. The van der Waals surface area contributed by atoms with E-state index in [0.717, 1.165) is 6.92 Å². The van der Waals surface area contributed by atoms with Gasteiger partial charge in [0, 0.05) is 18.6 Å². The molecule has 0 saturated carbocycles. The molecule has 0 aromatic heterocycles. The first-order chi connectivity index (χ1) is 8.67. The first-order valence-electron chi connectivity index (χ1n) is 5.35. The van der Waals surface area contributed by atoms with Crippen molar-refractivity contribution in [3.8, 4) is 0 Å². The lowest BCUT2D eigenvalue weighted by Gasteiger charge is -2.36. The van der Waals surface area contributed by atoms with Crippen molar-refractivity contribution in [2.45, 2.75) is 44.2 Å². The van der Waals surface area contributed by atoms with Gasteiger partial charge in [-0.1, -0.05) is 0 Å². The summed E-state index contributed by atoms with van der Waals surface area (Å²) in [6.45, 7) is 0.538. The molecule has 122 valence electrons. The summed E-state index contributed by atoms with van der Waals surface area (Å²) in [6.07, 6.45) is -14.0. The predicted octanol–water partition coefficient (Wildman–Crippen LogP) is 2.00. The molecule has 0 radical (unpaired) electrons. The Kier molecular flexibility index (Phi) is 6.49. The van der Waals surface area contributed by atoms with Crippen LogP contribution >= 0.6 is 7.75 Å². The standard InChI is InChI=1S/C8H15F6N2O3P/c1-5(4-15)16(20(17,18)19)6(2-7(9,10)11)3-8(12,13)14/h5-6H,2-4,15H2,1H3,(H2,17,18,19). The summed E-state index contributed by atoms with van der Waals surface area (Å²) in [5.41, 5.74) is 5.09. The Balaban J connectivity index is 5.47. The topological polar surface area (TPSA) is 86.8 Å². The Hall–Kier alpha value is -0.350. The summed E-state index contributed by atoms with van der Waals surface area (Å²) in [7, 11) is -5.32. The average Bonchev–Trinajstić information content (AvgIpc) is 2.09. The van der Waals surface area contributed by atoms with Crippen LogP contribution < -0.4 is 5.73 Å². The van der Waals surface area contributed by atoms with Gasteiger partial charge >= 0.3 is 20.1 Å². The third-order valence-electron chi connectivity index (χ3n) is 2.40. The van der Waals surface area contributed by atoms with Gasteiger partial charge in [0.05, 0.1) is 12.8 Å². The van der Waals surface area contributed by atoms with Gasteiger partial charge in [-0.2, -0.15) is 26.3 Å². The van der Waals surface area contributed by atoms with Crippen LogP contribution in [0.3, 0.4) is 0 Å². The summed E-state index contributed by atoms with van der Waals surface area (Å²) < 4.78 is 85.0. The molecule has 0 saturated heterocycles. The maximum absolute atomic E-state index is 12.3. The van der Waals surface area contributed by atoms with E-state index in [4.69, 9.17) is 15.5 Å². The third kappa shape index (κ3) is 7.44. The molecule has 5 nitrogen and oxygen atoms in total. The fraction of sp³-hybridized carbons (Fsp3) is 1.00. The lowest BCUT2D eigenvalue weighted by atomic mass is 10.1. The molecule has 0 fully saturated rings. The largest absolute Gasteiger partial charge is 0.403 e. The average molecular weight is 332 g/mol. The Bertz CT molecular complexity index is 339. The molecule has 0 aliphatic rings. The normalized spacial score (nSPS) is 16.0. The zero-order valence-corrected chi connectivity index (χ0v) is 11.2. The van der Waals surface area contributed by atoms with Crippen molar-refractivity contribution in [3.63, 3.8) is 0 Å². The number of hydrogen-bond acceptors (Lipinski definition) is 2. The molecule has 12 heteroatoms. The monoisotopic (exact) mass is 332 g/mol. The maximum Gasteiger partial charge on any atom is 0.403 e. The SMILES string of the molecule is CC(CN)N(C(CC(F)(F)F)CC(F)(F)F)P(=O)(O)O. The van der Waals surface area contributed by atoms with Crippen molar-refractivity contribution in [2.24, 2.45) is 5.73 Å². The predicted molar refractivity (Wildman–Crippen MR) is 57.5 cm³/mol. The van der Waals surface area contributed by atoms with E-state index in [-0.39, 0.29) is 4.67 Å². The van der Waals surface area contributed by atoms with Crippen LogP contribution in [0.2, 0.25) is 0 Å². The highest BCUT2D eigenvalue weighted by Crippen LogP contribution is 2.47. The lowest BCUT2D eigenvalue weighted by Crippen LogP contribution is -2.46. The van der Waals surface area contributed by atoms with E-state index in [2.05, 4.69) is 0 Å². The minimum atomic E-state index is -5.32. The van der Waals surface area contributed by atoms with Crippen LogP contribution in [-0.4, -0.2) is 45.4 Å². The zero-order chi connectivity index (χ0) is 16.4. The summed E-state index contributed by atoms with van der Waals surface area (Å²) >= 11 is 0. The van der Waals surface area contributed by atoms with Crippen molar-refractivity contribution >= 4 is 7.75 Å². The Morgan fingerprint density at radius 2 is 1.45 bits per heavy atom. The van der Waals surface area contributed by atoms with Gasteiger partial charge in [-0.15, -0.1) is 0 Å². The smallest absolute Gasteiger partial charge is 0.329 e. The second kappa shape index (κ2) is 6.61. The van der Waals surface area contributed by atoms with Crippen molar-refractivity contribution in [1.29, 1.82) is 0 Å². The second-order valence-electron chi connectivity index (χ2n) is 4.27.